The van der Waals surface area contributed by atoms with Gasteiger partial charge in [-0.2, -0.15) is 0 Å². The van der Waals surface area contributed by atoms with E-state index in [-0.39, 0.29) is 33.8 Å². The quantitative estimate of drug-likeness (QED) is 0.583. The molecule has 1 aromatic carbocycles. The van der Waals surface area contributed by atoms with Gasteiger partial charge in [0.25, 0.3) is 11.8 Å². The van der Waals surface area contributed by atoms with Crippen LogP contribution in [0.5, 0.6) is 0 Å². The molecule has 1 aliphatic heterocycles. The van der Waals surface area contributed by atoms with Crippen molar-refractivity contribution in [1.29, 1.82) is 0 Å². The predicted octanol–water partition coefficient (Wildman–Crippen LogP) is 1.27. The molecule has 11 heteroatoms. The van der Waals surface area contributed by atoms with Crippen LogP contribution in [-0.4, -0.2) is 44.5 Å². The molecule has 1 unspecified atom stereocenters. The number of carbonyl (C=O) groups excluding carboxylic acids is 2. The molecule has 2 amide bonds. The van der Waals surface area contributed by atoms with E-state index >= 15 is 0 Å². The van der Waals surface area contributed by atoms with E-state index in [0.29, 0.717) is 6.61 Å². The van der Waals surface area contributed by atoms with Gasteiger partial charge in [0.2, 0.25) is 10.0 Å². The summed E-state index contributed by atoms with van der Waals surface area (Å²) in [6, 6.07) is 8.56. The van der Waals surface area contributed by atoms with E-state index in [1.54, 1.807) is 12.1 Å². The van der Waals surface area contributed by atoms with Crippen LogP contribution in [0.15, 0.2) is 47.5 Å². The number of rotatable bonds is 6. The Labute approximate surface area is 172 Å². The summed E-state index contributed by atoms with van der Waals surface area (Å²) in [5.74, 6) is -1.32. The third-order valence-corrected chi connectivity index (χ3v) is 6.10. The predicted molar refractivity (Wildman–Crippen MR) is 105 cm³/mol. The lowest BCUT2D eigenvalue weighted by atomic mass is 10.2. The number of pyridine rings is 1. The van der Waals surface area contributed by atoms with Crippen LogP contribution in [0.4, 0.5) is 0 Å². The first-order valence-electron chi connectivity index (χ1n) is 8.79. The minimum Gasteiger partial charge on any atom is -0.377 e. The molecule has 29 heavy (non-hydrogen) atoms. The highest BCUT2D eigenvalue weighted by Gasteiger charge is 2.23. The fraction of sp³-hybridized carbons (Fsp3) is 0.278. The Morgan fingerprint density at radius 2 is 1.97 bits per heavy atom. The van der Waals surface area contributed by atoms with E-state index in [4.69, 9.17) is 16.3 Å². The Kier molecular flexibility index (Phi) is 6.80. The highest BCUT2D eigenvalue weighted by Crippen LogP contribution is 2.23. The van der Waals surface area contributed by atoms with Crippen LogP contribution in [-0.2, 0) is 14.8 Å². The molecular weight excluding hydrogens is 420 g/mol. The third-order valence-electron chi connectivity index (χ3n) is 4.20. The first kappa shape index (κ1) is 21.2. The van der Waals surface area contributed by atoms with Crippen molar-refractivity contribution in [3.05, 3.63) is 58.9 Å². The first-order chi connectivity index (χ1) is 13.9. The monoisotopic (exact) mass is 438 g/mol. The van der Waals surface area contributed by atoms with Gasteiger partial charge >= 0.3 is 0 Å². The topological polar surface area (TPSA) is 126 Å². The van der Waals surface area contributed by atoms with Crippen LogP contribution in [0.3, 0.4) is 0 Å². The molecular formula is C18H19ClN4O5S. The highest BCUT2D eigenvalue weighted by atomic mass is 35.5. The molecule has 2 aromatic rings. The second kappa shape index (κ2) is 9.31. The number of hydrogen-bond acceptors (Lipinski definition) is 6. The molecule has 2 heterocycles. The summed E-state index contributed by atoms with van der Waals surface area (Å²) >= 11 is 6.03. The number of carbonyl (C=O) groups is 2. The zero-order valence-corrected chi connectivity index (χ0v) is 16.8. The van der Waals surface area contributed by atoms with Crippen molar-refractivity contribution in [2.24, 2.45) is 0 Å². The molecule has 3 rings (SSSR count). The number of nitrogens with zero attached hydrogens (tertiary/aromatic N) is 1. The Bertz CT molecular complexity index is 995. The van der Waals surface area contributed by atoms with Gasteiger partial charge in [0.05, 0.1) is 11.1 Å². The van der Waals surface area contributed by atoms with Crippen molar-refractivity contribution < 1.29 is 22.7 Å². The summed E-state index contributed by atoms with van der Waals surface area (Å²) in [4.78, 5) is 27.9. The largest absolute Gasteiger partial charge is 0.377 e. The molecule has 3 N–H and O–H groups in total. The van der Waals surface area contributed by atoms with Gasteiger partial charge in [0.1, 0.15) is 10.6 Å². The van der Waals surface area contributed by atoms with Crippen molar-refractivity contribution in [1.82, 2.24) is 20.6 Å². The maximum absolute atomic E-state index is 12.6. The smallest absolute Gasteiger partial charge is 0.288 e. The minimum atomic E-state index is -3.95. The summed E-state index contributed by atoms with van der Waals surface area (Å²) in [5, 5.41) is -0.0288. The van der Waals surface area contributed by atoms with Gasteiger partial charge in [-0.05, 0) is 43.2 Å². The summed E-state index contributed by atoms with van der Waals surface area (Å²) in [6.45, 7) is 0.724. The van der Waals surface area contributed by atoms with Gasteiger partial charge in [0.15, 0.2) is 0 Å². The molecule has 1 aliphatic rings. The lowest BCUT2D eigenvalue weighted by Crippen LogP contribution is -2.42. The van der Waals surface area contributed by atoms with Crippen molar-refractivity contribution in [3.63, 3.8) is 0 Å². The molecule has 1 fully saturated rings. The number of halogens is 1. The lowest BCUT2D eigenvalue weighted by molar-refractivity contribution is 0.0844. The van der Waals surface area contributed by atoms with Crippen LogP contribution < -0.4 is 15.6 Å². The second-order valence-corrected chi connectivity index (χ2v) is 8.40. The molecule has 9 nitrogen and oxygen atoms in total. The van der Waals surface area contributed by atoms with Crippen molar-refractivity contribution in [3.8, 4) is 0 Å². The number of amides is 2. The maximum atomic E-state index is 12.6. The first-order valence-corrected chi connectivity index (χ1v) is 10.7. The fourth-order valence-corrected chi connectivity index (χ4v) is 4.27. The number of aromatic nitrogens is 1. The van der Waals surface area contributed by atoms with E-state index in [1.807, 2.05) is 0 Å². The Hall–Kier alpha value is -2.53. The number of sulfonamides is 1. The maximum Gasteiger partial charge on any atom is 0.288 e. The molecule has 0 spiro atoms. The van der Waals surface area contributed by atoms with Crippen LogP contribution in [0, 0.1) is 0 Å². The van der Waals surface area contributed by atoms with Crippen molar-refractivity contribution in [2.75, 3.05) is 13.2 Å². The van der Waals surface area contributed by atoms with Crippen LogP contribution in [0.25, 0.3) is 0 Å². The number of benzene rings is 1. The zero-order chi connectivity index (χ0) is 20.9. The van der Waals surface area contributed by atoms with Crippen LogP contribution in [0.1, 0.15) is 33.7 Å². The van der Waals surface area contributed by atoms with Gasteiger partial charge in [0, 0.05) is 24.9 Å². The van der Waals surface area contributed by atoms with Crippen LogP contribution >= 0.6 is 11.6 Å². The number of hydrazine groups is 1. The Morgan fingerprint density at radius 1 is 1.17 bits per heavy atom. The average Bonchev–Trinajstić information content (AvgIpc) is 3.25. The summed E-state index contributed by atoms with van der Waals surface area (Å²) in [7, 11) is -3.95. The van der Waals surface area contributed by atoms with Crippen LogP contribution in [0.2, 0.25) is 5.02 Å². The lowest BCUT2D eigenvalue weighted by Gasteiger charge is -2.13. The van der Waals surface area contributed by atoms with E-state index in [1.165, 1.54) is 24.4 Å². The fourth-order valence-electron chi connectivity index (χ4n) is 2.68. The molecule has 0 radical (unpaired) electrons. The normalized spacial score (nSPS) is 16.4. The standard InChI is InChI=1S/C18H19ClN4O5S/c19-14-7-6-12(17(24)22-23-18(25)15-5-1-2-8-20-15)10-16(14)29(26,27)21-11-13-4-3-9-28-13/h1-2,5-8,10,13,21H,3-4,9,11H2,(H,22,24)(H,23,25). The van der Waals surface area contributed by atoms with E-state index < -0.39 is 21.8 Å². The van der Waals surface area contributed by atoms with E-state index in [2.05, 4.69) is 20.6 Å². The minimum absolute atomic E-state index is 0.00760. The molecule has 1 atom stereocenters. The van der Waals surface area contributed by atoms with Crippen molar-refractivity contribution >= 4 is 33.4 Å². The molecule has 154 valence electrons. The highest BCUT2D eigenvalue weighted by molar-refractivity contribution is 7.89. The molecule has 0 saturated carbocycles. The van der Waals surface area contributed by atoms with Crippen molar-refractivity contribution in [2.45, 2.75) is 23.8 Å². The van der Waals surface area contributed by atoms with E-state index in [9.17, 15) is 18.0 Å². The average molecular weight is 439 g/mol. The van der Waals surface area contributed by atoms with E-state index in [0.717, 1.165) is 18.9 Å². The van der Waals surface area contributed by atoms with Gasteiger partial charge < -0.3 is 4.74 Å². The Morgan fingerprint density at radius 3 is 2.66 bits per heavy atom. The van der Waals surface area contributed by atoms with Gasteiger partial charge in [-0.15, -0.1) is 0 Å². The second-order valence-electron chi connectivity index (χ2n) is 6.26. The molecule has 1 saturated heterocycles. The molecule has 0 aliphatic carbocycles. The summed E-state index contributed by atoms with van der Waals surface area (Å²) < 4.78 is 33.0. The number of ether oxygens (including phenoxy) is 1. The molecule has 0 bridgehead atoms. The summed E-state index contributed by atoms with van der Waals surface area (Å²) in [5.41, 5.74) is 4.56. The van der Waals surface area contributed by atoms with Gasteiger partial charge in [-0.3, -0.25) is 25.4 Å². The third kappa shape index (κ3) is 5.51. The SMILES string of the molecule is O=C(NNC(=O)c1ccccn1)c1ccc(Cl)c(S(=O)(=O)NCC2CCCO2)c1. The summed E-state index contributed by atoms with van der Waals surface area (Å²) in [6.07, 6.45) is 2.91. The van der Waals surface area contributed by atoms with Gasteiger partial charge in [-0.1, -0.05) is 17.7 Å². The molecule has 1 aromatic heterocycles. The number of nitrogens with one attached hydrogen (secondary N) is 3. The zero-order valence-electron chi connectivity index (χ0n) is 15.2. The number of hydrogen-bond donors (Lipinski definition) is 3. The Balaban J connectivity index is 1.67. The van der Waals surface area contributed by atoms with Gasteiger partial charge in [-0.25, -0.2) is 13.1 Å².